The van der Waals surface area contributed by atoms with Crippen molar-refractivity contribution in [2.45, 2.75) is 25.9 Å². The minimum Gasteiger partial charge on any atom is -0.382 e. The lowest BCUT2D eigenvalue weighted by molar-refractivity contribution is -0.136. The van der Waals surface area contributed by atoms with Gasteiger partial charge in [-0.2, -0.15) is 13.2 Å². The molecular weight excluding hydrogens is 293 g/mol. The summed E-state index contributed by atoms with van der Waals surface area (Å²) in [5.74, 6) is -0.508. The minimum atomic E-state index is -4.29. The maximum absolute atomic E-state index is 12.1. The van der Waals surface area contributed by atoms with Gasteiger partial charge in [-0.25, -0.2) is 4.98 Å². The number of nitrogens with zero attached hydrogens (tertiary/aromatic N) is 2. The lowest BCUT2D eigenvalue weighted by Gasteiger charge is -2.17. The number of nitrogen functional groups attached to an aromatic ring is 1. The normalized spacial score (nSPS) is 11.4. The SMILES string of the molecule is CCCNc1nc(N)c(C(=O)N(C)CCC(F)(F)F)s1. The maximum atomic E-state index is 12.1. The number of aromatic nitrogens is 1. The average molecular weight is 310 g/mol. The van der Waals surface area contributed by atoms with Crippen LogP contribution >= 0.6 is 11.3 Å². The average Bonchev–Trinajstić information content (AvgIpc) is 2.73. The fraction of sp³-hybridized carbons (Fsp3) is 0.636. The number of halogens is 3. The van der Waals surface area contributed by atoms with Gasteiger partial charge in [0, 0.05) is 20.1 Å². The highest BCUT2D eigenvalue weighted by atomic mass is 32.1. The molecule has 0 aliphatic carbocycles. The first-order chi connectivity index (χ1) is 9.24. The van der Waals surface area contributed by atoms with Gasteiger partial charge in [-0.3, -0.25) is 4.79 Å². The van der Waals surface area contributed by atoms with Gasteiger partial charge in [0.05, 0.1) is 6.42 Å². The van der Waals surface area contributed by atoms with Crippen LogP contribution in [0.5, 0.6) is 0 Å². The Balaban J connectivity index is 2.68. The van der Waals surface area contributed by atoms with Gasteiger partial charge < -0.3 is 16.0 Å². The number of nitrogens with one attached hydrogen (secondary N) is 1. The van der Waals surface area contributed by atoms with Gasteiger partial charge in [-0.1, -0.05) is 18.3 Å². The molecule has 1 aromatic rings. The summed E-state index contributed by atoms with van der Waals surface area (Å²) >= 11 is 1.05. The smallest absolute Gasteiger partial charge is 0.382 e. The Hall–Kier alpha value is -1.51. The zero-order chi connectivity index (χ0) is 15.3. The molecule has 0 spiro atoms. The molecule has 5 nitrogen and oxygen atoms in total. The fourth-order valence-electron chi connectivity index (χ4n) is 1.36. The Morgan fingerprint density at radius 1 is 1.50 bits per heavy atom. The molecule has 1 heterocycles. The van der Waals surface area contributed by atoms with Crippen molar-refractivity contribution in [3.63, 3.8) is 0 Å². The van der Waals surface area contributed by atoms with Crippen molar-refractivity contribution in [3.8, 4) is 0 Å². The fourth-order valence-corrected chi connectivity index (χ4v) is 2.27. The summed E-state index contributed by atoms with van der Waals surface area (Å²) in [7, 11) is 1.31. The van der Waals surface area contributed by atoms with E-state index in [2.05, 4.69) is 10.3 Å². The van der Waals surface area contributed by atoms with E-state index in [0.717, 1.165) is 22.7 Å². The molecule has 0 atom stereocenters. The summed E-state index contributed by atoms with van der Waals surface area (Å²) in [6.07, 6.45) is -4.45. The highest BCUT2D eigenvalue weighted by Gasteiger charge is 2.29. The molecule has 0 saturated carbocycles. The number of anilines is 2. The molecule has 0 saturated heterocycles. The van der Waals surface area contributed by atoms with Crippen molar-refractivity contribution in [2.24, 2.45) is 0 Å². The number of rotatable bonds is 6. The quantitative estimate of drug-likeness (QED) is 0.847. The lowest BCUT2D eigenvalue weighted by Crippen LogP contribution is -2.30. The van der Waals surface area contributed by atoms with E-state index >= 15 is 0 Å². The van der Waals surface area contributed by atoms with Gasteiger partial charge in [0.25, 0.3) is 5.91 Å². The third-order valence-electron chi connectivity index (χ3n) is 2.45. The van der Waals surface area contributed by atoms with Crippen LogP contribution in [-0.4, -0.2) is 42.1 Å². The Labute approximate surface area is 119 Å². The predicted molar refractivity (Wildman–Crippen MR) is 72.9 cm³/mol. The number of alkyl halides is 3. The molecule has 3 N–H and O–H groups in total. The molecule has 0 unspecified atom stereocenters. The second-order valence-electron chi connectivity index (χ2n) is 4.25. The number of hydrogen-bond donors (Lipinski definition) is 2. The first-order valence-corrected chi connectivity index (χ1v) is 6.88. The van der Waals surface area contributed by atoms with Crippen LogP contribution < -0.4 is 11.1 Å². The number of hydrogen-bond acceptors (Lipinski definition) is 5. The number of carbonyl (C=O) groups excluding carboxylic acids is 1. The van der Waals surface area contributed by atoms with Crippen LogP contribution in [0.4, 0.5) is 24.1 Å². The second kappa shape index (κ2) is 6.78. The van der Waals surface area contributed by atoms with Crippen molar-refractivity contribution < 1.29 is 18.0 Å². The van der Waals surface area contributed by atoms with E-state index in [1.165, 1.54) is 7.05 Å². The molecule has 1 aromatic heterocycles. The minimum absolute atomic E-state index is 0.0393. The predicted octanol–water partition coefficient (Wildman–Crippen LogP) is 2.57. The van der Waals surface area contributed by atoms with Crippen LogP contribution in [0, 0.1) is 0 Å². The van der Waals surface area contributed by atoms with Crippen molar-refractivity contribution in [1.29, 1.82) is 0 Å². The van der Waals surface area contributed by atoms with E-state index in [1.807, 2.05) is 6.92 Å². The molecule has 114 valence electrons. The third kappa shape index (κ3) is 4.87. The molecule has 0 radical (unpaired) electrons. The van der Waals surface area contributed by atoms with Gasteiger partial charge in [-0.05, 0) is 6.42 Å². The number of nitrogens with two attached hydrogens (primary N) is 1. The van der Waals surface area contributed by atoms with Gasteiger partial charge in [0.2, 0.25) is 0 Å². The van der Waals surface area contributed by atoms with Gasteiger partial charge in [0.1, 0.15) is 10.7 Å². The first-order valence-electron chi connectivity index (χ1n) is 6.07. The topological polar surface area (TPSA) is 71.2 Å². The molecule has 1 amide bonds. The number of thiazole rings is 1. The summed E-state index contributed by atoms with van der Waals surface area (Å²) in [6, 6.07) is 0. The van der Waals surface area contributed by atoms with E-state index in [0.29, 0.717) is 11.7 Å². The van der Waals surface area contributed by atoms with Crippen LogP contribution in [-0.2, 0) is 0 Å². The van der Waals surface area contributed by atoms with Crippen molar-refractivity contribution in [1.82, 2.24) is 9.88 Å². The van der Waals surface area contributed by atoms with E-state index in [4.69, 9.17) is 5.73 Å². The zero-order valence-corrected chi connectivity index (χ0v) is 12.1. The summed E-state index contributed by atoms with van der Waals surface area (Å²) in [5.41, 5.74) is 5.62. The largest absolute Gasteiger partial charge is 0.390 e. The standard InChI is InChI=1S/C11H17F3N4OS/c1-3-5-16-10-17-8(15)7(20-10)9(19)18(2)6-4-11(12,13)14/h3-6,15H2,1-2H3,(H,16,17). The van der Waals surface area contributed by atoms with Crippen LogP contribution in [0.3, 0.4) is 0 Å². The van der Waals surface area contributed by atoms with Crippen LogP contribution in [0.15, 0.2) is 0 Å². The third-order valence-corrected chi connectivity index (χ3v) is 3.47. The molecule has 0 aromatic carbocycles. The first kappa shape index (κ1) is 16.5. The Morgan fingerprint density at radius 2 is 2.15 bits per heavy atom. The summed E-state index contributed by atoms with van der Waals surface area (Å²) in [5, 5.41) is 3.48. The molecule has 0 bridgehead atoms. The second-order valence-corrected chi connectivity index (χ2v) is 5.25. The van der Waals surface area contributed by atoms with Crippen molar-refractivity contribution >= 4 is 28.2 Å². The Kier molecular flexibility index (Phi) is 5.61. The van der Waals surface area contributed by atoms with Gasteiger partial charge in [0.15, 0.2) is 5.13 Å². The molecule has 20 heavy (non-hydrogen) atoms. The van der Waals surface area contributed by atoms with Gasteiger partial charge >= 0.3 is 6.18 Å². The molecule has 0 fully saturated rings. The maximum Gasteiger partial charge on any atom is 0.390 e. The highest BCUT2D eigenvalue weighted by molar-refractivity contribution is 7.18. The molecule has 1 rings (SSSR count). The Morgan fingerprint density at radius 3 is 2.70 bits per heavy atom. The number of amides is 1. The van der Waals surface area contributed by atoms with E-state index in [9.17, 15) is 18.0 Å². The summed E-state index contributed by atoms with van der Waals surface area (Å²) in [6.45, 7) is 2.25. The van der Waals surface area contributed by atoms with Gasteiger partial charge in [-0.15, -0.1) is 0 Å². The van der Waals surface area contributed by atoms with Crippen molar-refractivity contribution in [3.05, 3.63) is 4.88 Å². The number of carbonyl (C=O) groups is 1. The summed E-state index contributed by atoms with van der Waals surface area (Å²) in [4.78, 5) is 17.1. The molecule has 0 aliphatic rings. The Bertz CT molecular complexity index is 461. The van der Waals surface area contributed by atoms with Crippen LogP contribution in [0.25, 0.3) is 0 Å². The van der Waals surface area contributed by atoms with E-state index in [1.54, 1.807) is 0 Å². The van der Waals surface area contributed by atoms with Crippen LogP contribution in [0.1, 0.15) is 29.4 Å². The summed E-state index contributed by atoms with van der Waals surface area (Å²) < 4.78 is 36.4. The zero-order valence-electron chi connectivity index (χ0n) is 11.3. The monoisotopic (exact) mass is 310 g/mol. The lowest BCUT2D eigenvalue weighted by atomic mass is 10.3. The highest BCUT2D eigenvalue weighted by Crippen LogP contribution is 2.27. The van der Waals surface area contributed by atoms with Crippen LogP contribution in [0.2, 0.25) is 0 Å². The van der Waals surface area contributed by atoms with E-state index < -0.39 is 25.0 Å². The van der Waals surface area contributed by atoms with Crippen molar-refractivity contribution in [2.75, 3.05) is 31.2 Å². The molecule has 0 aliphatic heterocycles. The van der Waals surface area contributed by atoms with E-state index in [-0.39, 0.29) is 10.7 Å². The molecular formula is C11H17F3N4OS. The molecule has 9 heteroatoms.